The number of hydrogen-bond donors (Lipinski definition) is 1. The normalized spacial score (nSPS) is 18.2. The van der Waals surface area contributed by atoms with Crippen LogP contribution < -0.4 is 10.2 Å². The lowest BCUT2D eigenvalue weighted by atomic mass is 9.97. The van der Waals surface area contributed by atoms with Gasteiger partial charge in [0.2, 0.25) is 0 Å². The van der Waals surface area contributed by atoms with Gasteiger partial charge < -0.3 is 19.5 Å². The first-order valence-corrected chi connectivity index (χ1v) is 7.44. The van der Waals surface area contributed by atoms with Crippen molar-refractivity contribution in [1.82, 2.24) is 10.1 Å². The predicted octanol–water partition coefficient (Wildman–Crippen LogP) is 1.93. The molecule has 0 unspecified atom stereocenters. The molecule has 0 aliphatic carbocycles. The Kier molecular flexibility index (Phi) is 3.23. The van der Waals surface area contributed by atoms with E-state index in [2.05, 4.69) is 32.5 Å². The first-order chi connectivity index (χ1) is 10.4. The van der Waals surface area contributed by atoms with E-state index < -0.39 is 0 Å². The van der Waals surface area contributed by atoms with Gasteiger partial charge in [-0.15, -0.1) is 0 Å². The molecule has 4 rings (SSSR count). The topological polar surface area (TPSA) is 63.4 Å². The van der Waals surface area contributed by atoms with Crippen LogP contribution in [0.1, 0.15) is 12.0 Å². The molecule has 1 saturated heterocycles. The van der Waals surface area contributed by atoms with E-state index in [0.29, 0.717) is 25.1 Å². The summed E-state index contributed by atoms with van der Waals surface area (Å²) in [5, 5.41) is 7.56. The van der Waals surface area contributed by atoms with Crippen molar-refractivity contribution in [1.29, 1.82) is 0 Å². The van der Waals surface area contributed by atoms with E-state index in [-0.39, 0.29) is 0 Å². The highest BCUT2D eigenvalue weighted by molar-refractivity contribution is 5.70. The van der Waals surface area contributed by atoms with E-state index in [4.69, 9.17) is 9.26 Å². The zero-order valence-electron chi connectivity index (χ0n) is 11.8. The second-order valence-electron chi connectivity index (χ2n) is 5.36. The van der Waals surface area contributed by atoms with Crippen LogP contribution in [0.15, 0.2) is 22.7 Å². The van der Waals surface area contributed by atoms with Crippen molar-refractivity contribution in [3.05, 3.63) is 23.8 Å². The first-order valence-electron chi connectivity index (χ1n) is 7.44. The van der Waals surface area contributed by atoms with Crippen molar-refractivity contribution >= 4 is 11.6 Å². The van der Waals surface area contributed by atoms with Crippen LogP contribution in [0.2, 0.25) is 0 Å². The molecule has 2 aliphatic heterocycles. The van der Waals surface area contributed by atoms with Crippen LogP contribution in [-0.4, -0.2) is 43.0 Å². The van der Waals surface area contributed by atoms with Crippen LogP contribution in [0.5, 0.6) is 0 Å². The molecule has 21 heavy (non-hydrogen) atoms. The Morgan fingerprint density at radius 1 is 1.19 bits per heavy atom. The molecule has 2 aromatic rings. The summed E-state index contributed by atoms with van der Waals surface area (Å²) in [6.07, 6.45) is 2.18. The maximum Gasteiger partial charge on any atom is 0.266 e. The quantitative estimate of drug-likeness (QED) is 0.910. The summed E-state index contributed by atoms with van der Waals surface area (Å²) < 4.78 is 10.8. The van der Waals surface area contributed by atoms with E-state index >= 15 is 0 Å². The molecule has 2 aliphatic rings. The fourth-order valence-electron chi connectivity index (χ4n) is 2.93. The largest absolute Gasteiger partial charge is 0.385 e. The number of aromatic nitrogens is 2. The SMILES string of the molecule is c1cc2c(c(-c3nc(N4CCOCC4)no3)c1)CCCN2. The Morgan fingerprint density at radius 2 is 2.10 bits per heavy atom. The lowest BCUT2D eigenvalue weighted by Crippen LogP contribution is -2.36. The monoisotopic (exact) mass is 286 g/mol. The molecular formula is C15H18N4O2. The van der Waals surface area contributed by atoms with Gasteiger partial charge in [0.15, 0.2) is 0 Å². The first kappa shape index (κ1) is 12.6. The number of hydrogen-bond acceptors (Lipinski definition) is 6. The lowest BCUT2D eigenvalue weighted by Gasteiger charge is -2.24. The molecule has 1 aromatic heterocycles. The number of ether oxygens (including phenoxy) is 1. The van der Waals surface area contributed by atoms with Gasteiger partial charge >= 0.3 is 0 Å². The minimum Gasteiger partial charge on any atom is -0.385 e. The molecule has 3 heterocycles. The standard InChI is InChI=1S/C15H18N4O2/c1-3-12(11-4-2-6-16-13(11)5-1)14-17-15(18-21-14)19-7-9-20-10-8-19/h1,3,5,16H,2,4,6-10H2. The smallest absolute Gasteiger partial charge is 0.266 e. The molecule has 0 atom stereocenters. The van der Waals surface area contributed by atoms with Crippen LogP contribution >= 0.6 is 0 Å². The van der Waals surface area contributed by atoms with Crippen LogP contribution in [0.4, 0.5) is 11.6 Å². The summed E-state index contributed by atoms with van der Waals surface area (Å²) >= 11 is 0. The number of nitrogens with zero attached hydrogens (tertiary/aromatic N) is 3. The minimum absolute atomic E-state index is 0.608. The Morgan fingerprint density at radius 3 is 3.00 bits per heavy atom. The van der Waals surface area contributed by atoms with Crippen molar-refractivity contribution in [2.75, 3.05) is 43.1 Å². The number of nitrogens with one attached hydrogen (secondary N) is 1. The van der Waals surface area contributed by atoms with Gasteiger partial charge in [-0.2, -0.15) is 4.98 Å². The van der Waals surface area contributed by atoms with E-state index in [1.54, 1.807) is 0 Å². The predicted molar refractivity (Wildman–Crippen MR) is 79.6 cm³/mol. The van der Waals surface area contributed by atoms with Crippen LogP contribution in [0, 0.1) is 0 Å². The zero-order chi connectivity index (χ0) is 14.1. The maximum atomic E-state index is 5.50. The Bertz CT molecular complexity index is 634. The van der Waals surface area contributed by atoms with E-state index in [1.165, 1.54) is 11.3 Å². The second-order valence-corrected chi connectivity index (χ2v) is 5.36. The number of morpholine rings is 1. The van der Waals surface area contributed by atoms with Crippen molar-refractivity contribution in [3.63, 3.8) is 0 Å². The van der Waals surface area contributed by atoms with Crippen LogP contribution in [0.25, 0.3) is 11.5 Å². The lowest BCUT2D eigenvalue weighted by molar-refractivity contribution is 0.121. The molecule has 110 valence electrons. The molecule has 0 saturated carbocycles. The van der Waals surface area contributed by atoms with Crippen molar-refractivity contribution in [3.8, 4) is 11.5 Å². The van der Waals surface area contributed by atoms with Crippen molar-refractivity contribution in [2.24, 2.45) is 0 Å². The molecule has 0 radical (unpaired) electrons. The highest BCUT2D eigenvalue weighted by atomic mass is 16.5. The molecule has 6 nitrogen and oxygen atoms in total. The molecule has 6 heteroatoms. The third kappa shape index (κ3) is 2.35. The molecule has 1 N–H and O–H groups in total. The van der Waals surface area contributed by atoms with Crippen LogP contribution in [-0.2, 0) is 11.2 Å². The number of benzene rings is 1. The van der Waals surface area contributed by atoms with Gasteiger partial charge in [-0.3, -0.25) is 0 Å². The highest BCUT2D eigenvalue weighted by Crippen LogP contribution is 2.32. The van der Waals surface area contributed by atoms with Gasteiger partial charge in [0.1, 0.15) is 0 Å². The van der Waals surface area contributed by atoms with Gasteiger partial charge in [-0.05, 0) is 35.7 Å². The summed E-state index contributed by atoms with van der Waals surface area (Å²) in [5.74, 6) is 1.27. The fourth-order valence-corrected chi connectivity index (χ4v) is 2.93. The third-order valence-electron chi connectivity index (χ3n) is 4.03. The van der Waals surface area contributed by atoms with E-state index in [1.807, 2.05) is 6.07 Å². The summed E-state index contributed by atoms with van der Waals surface area (Å²) in [4.78, 5) is 6.68. The van der Waals surface area contributed by atoms with E-state index in [0.717, 1.165) is 38.0 Å². The minimum atomic E-state index is 0.608. The van der Waals surface area contributed by atoms with E-state index in [9.17, 15) is 0 Å². The third-order valence-corrected chi connectivity index (χ3v) is 4.03. The van der Waals surface area contributed by atoms with Crippen LogP contribution in [0.3, 0.4) is 0 Å². The number of fused-ring (bicyclic) bond motifs is 1. The Balaban J connectivity index is 1.66. The molecule has 0 amide bonds. The number of rotatable bonds is 2. The van der Waals surface area contributed by atoms with Gasteiger partial charge in [-0.25, -0.2) is 0 Å². The second kappa shape index (κ2) is 5.37. The Labute approximate surface area is 123 Å². The zero-order valence-corrected chi connectivity index (χ0v) is 11.8. The molecule has 1 aromatic carbocycles. The average molecular weight is 286 g/mol. The molecule has 0 bridgehead atoms. The molecule has 0 spiro atoms. The summed E-state index contributed by atoms with van der Waals surface area (Å²) in [6.45, 7) is 4.09. The van der Waals surface area contributed by atoms with Crippen molar-refractivity contribution in [2.45, 2.75) is 12.8 Å². The molecular weight excluding hydrogens is 268 g/mol. The highest BCUT2D eigenvalue weighted by Gasteiger charge is 2.21. The fraction of sp³-hybridized carbons (Fsp3) is 0.467. The Hall–Kier alpha value is -2.08. The van der Waals surface area contributed by atoms with Crippen molar-refractivity contribution < 1.29 is 9.26 Å². The summed E-state index contributed by atoms with van der Waals surface area (Å²) in [5.41, 5.74) is 3.51. The maximum absolute atomic E-state index is 5.50. The summed E-state index contributed by atoms with van der Waals surface area (Å²) in [7, 11) is 0. The van der Waals surface area contributed by atoms with Gasteiger partial charge in [0, 0.05) is 30.9 Å². The molecule has 1 fully saturated rings. The van der Waals surface area contributed by atoms with Gasteiger partial charge in [0.05, 0.1) is 13.2 Å². The van der Waals surface area contributed by atoms with Gasteiger partial charge in [0.25, 0.3) is 11.8 Å². The average Bonchev–Trinajstić information content (AvgIpc) is 3.05. The van der Waals surface area contributed by atoms with Gasteiger partial charge in [-0.1, -0.05) is 6.07 Å². The summed E-state index contributed by atoms with van der Waals surface area (Å²) in [6, 6.07) is 6.20. The number of anilines is 2.